The Morgan fingerprint density at radius 3 is 3.08 bits per heavy atom. The van der Waals surface area contributed by atoms with Crippen LogP contribution in [0.4, 0.5) is 4.79 Å². The second-order valence-corrected chi connectivity index (χ2v) is 7.61. The molecular weight excluding hydrogens is 336 g/mol. The molecule has 1 aliphatic carbocycles. The Morgan fingerprint density at radius 2 is 2.24 bits per heavy atom. The molecule has 8 heteroatoms. The molecule has 3 heterocycles. The van der Waals surface area contributed by atoms with E-state index in [0.717, 1.165) is 30.0 Å². The van der Waals surface area contributed by atoms with Crippen LogP contribution in [0.15, 0.2) is 6.07 Å². The Hall–Kier alpha value is -2.40. The zero-order chi connectivity index (χ0) is 17.2. The normalized spacial score (nSPS) is 16.0. The third-order valence-electron chi connectivity index (χ3n) is 4.70. The number of nitriles is 1. The highest BCUT2D eigenvalue weighted by Crippen LogP contribution is 2.26. The molecule has 2 amide bonds. The molecule has 1 aliphatic heterocycles. The number of nitrogens with one attached hydrogen (secondary N) is 1. The first-order valence-corrected chi connectivity index (χ1v) is 9.51. The maximum absolute atomic E-state index is 12.4. The molecule has 0 saturated heterocycles. The standard InChI is InChI=1S/C17H20N6OS/c18-10-12-9-13-11-22(7-8-23(13)21-12)17(24)19-6-5-16-20-14-3-1-2-4-15(14)25-16/h9H,1-8,11H2,(H,19,24). The molecule has 25 heavy (non-hydrogen) atoms. The van der Waals surface area contributed by atoms with E-state index in [1.165, 1.54) is 23.4 Å². The van der Waals surface area contributed by atoms with Crippen molar-refractivity contribution in [2.45, 2.75) is 45.2 Å². The van der Waals surface area contributed by atoms with Crippen molar-refractivity contribution in [2.24, 2.45) is 0 Å². The second kappa shape index (κ2) is 6.84. The van der Waals surface area contributed by atoms with Gasteiger partial charge in [0.1, 0.15) is 6.07 Å². The number of hydrogen-bond donors (Lipinski definition) is 1. The minimum atomic E-state index is -0.0627. The molecule has 2 aromatic heterocycles. The first kappa shape index (κ1) is 16.1. The van der Waals surface area contributed by atoms with Crippen molar-refractivity contribution in [3.8, 4) is 6.07 Å². The Labute approximate surface area is 150 Å². The monoisotopic (exact) mass is 356 g/mol. The number of rotatable bonds is 3. The van der Waals surface area contributed by atoms with Crippen LogP contribution in [-0.4, -0.2) is 38.8 Å². The summed E-state index contributed by atoms with van der Waals surface area (Å²) in [4.78, 5) is 20.3. The van der Waals surface area contributed by atoms with E-state index in [2.05, 4.69) is 10.4 Å². The lowest BCUT2D eigenvalue weighted by atomic mass is 10.0. The molecule has 2 aromatic rings. The fraction of sp³-hybridized carbons (Fsp3) is 0.529. The Morgan fingerprint density at radius 1 is 1.36 bits per heavy atom. The van der Waals surface area contributed by atoms with Gasteiger partial charge in [-0.05, 0) is 31.7 Å². The van der Waals surface area contributed by atoms with Crippen LogP contribution >= 0.6 is 11.3 Å². The third-order valence-corrected chi connectivity index (χ3v) is 5.92. The average molecular weight is 356 g/mol. The predicted octanol–water partition coefficient (Wildman–Crippen LogP) is 1.86. The lowest BCUT2D eigenvalue weighted by molar-refractivity contribution is 0.181. The topological polar surface area (TPSA) is 86.8 Å². The van der Waals surface area contributed by atoms with Crippen LogP contribution in [0.3, 0.4) is 0 Å². The van der Waals surface area contributed by atoms with E-state index < -0.39 is 0 Å². The second-order valence-electron chi connectivity index (χ2n) is 6.44. The van der Waals surface area contributed by atoms with Crippen molar-refractivity contribution in [2.75, 3.05) is 13.1 Å². The molecular formula is C17H20N6OS. The quantitative estimate of drug-likeness (QED) is 0.909. The number of nitrogens with zero attached hydrogens (tertiary/aromatic N) is 5. The van der Waals surface area contributed by atoms with E-state index >= 15 is 0 Å². The Bertz CT molecular complexity index is 809. The number of aryl methyl sites for hydroxylation is 2. The van der Waals surface area contributed by atoms with E-state index in [1.54, 1.807) is 22.3 Å². The molecule has 0 spiro atoms. The van der Waals surface area contributed by atoms with Gasteiger partial charge in [0.25, 0.3) is 0 Å². The fourth-order valence-corrected chi connectivity index (χ4v) is 4.55. The number of fused-ring (bicyclic) bond motifs is 2. The number of hydrogen-bond acceptors (Lipinski definition) is 5. The first-order valence-electron chi connectivity index (χ1n) is 8.70. The summed E-state index contributed by atoms with van der Waals surface area (Å²) in [5.41, 5.74) is 2.59. The summed E-state index contributed by atoms with van der Waals surface area (Å²) in [7, 11) is 0. The van der Waals surface area contributed by atoms with Gasteiger partial charge in [-0.3, -0.25) is 4.68 Å². The maximum Gasteiger partial charge on any atom is 0.317 e. The van der Waals surface area contributed by atoms with Crippen LogP contribution in [0.25, 0.3) is 0 Å². The lowest BCUT2D eigenvalue weighted by Crippen LogP contribution is -2.44. The summed E-state index contributed by atoms with van der Waals surface area (Å²) in [6.45, 7) is 2.33. The van der Waals surface area contributed by atoms with E-state index in [-0.39, 0.29) is 6.03 Å². The number of aromatic nitrogens is 3. The van der Waals surface area contributed by atoms with Gasteiger partial charge in [0, 0.05) is 24.4 Å². The van der Waals surface area contributed by atoms with Crippen LogP contribution in [0.2, 0.25) is 0 Å². The summed E-state index contributed by atoms with van der Waals surface area (Å²) in [6.07, 6.45) is 5.56. The number of carbonyl (C=O) groups is 1. The van der Waals surface area contributed by atoms with Crippen LogP contribution in [0.1, 0.15) is 39.8 Å². The van der Waals surface area contributed by atoms with E-state index in [0.29, 0.717) is 31.9 Å². The molecule has 0 bridgehead atoms. The van der Waals surface area contributed by atoms with Crippen LogP contribution < -0.4 is 5.32 Å². The highest BCUT2D eigenvalue weighted by atomic mass is 32.1. The van der Waals surface area contributed by atoms with Crippen molar-refractivity contribution < 1.29 is 4.79 Å². The number of amides is 2. The van der Waals surface area contributed by atoms with Crippen molar-refractivity contribution in [1.29, 1.82) is 5.26 Å². The highest BCUT2D eigenvalue weighted by molar-refractivity contribution is 7.11. The van der Waals surface area contributed by atoms with Gasteiger partial charge in [0.2, 0.25) is 0 Å². The van der Waals surface area contributed by atoms with Gasteiger partial charge < -0.3 is 10.2 Å². The van der Waals surface area contributed by atoms with E-state index in [9.17, 15) is 4.79 Å². The summed E-state index contributed by atoms with van der Waals surface area (Å²) in [5.74, 6) is 0. The minimum Gasteiger partial charge on any atom is -0.338 e. The number of urea groups is 1. The third kappa shape index (κ3) is 3.37. The van der Waals surface area contributed by atoms with Gasteiger partial charge in [0.05, 0.1) is 29.5 Å². The van der Waals surface area contributed by atoms with Gasteiger partial charge in [-0.2, -0.15) is 10.4 Å². The van der Waals surface area contributed by atoms with E-state index in [4.69, 9.17) is 10.2 Å². The maximum atomic E-state index is 12.4. The molecule has 0 fully saturated rings. The molecule has 7 nitrogen and oxygen atoms in total. The van der Waals surface area contributed by atoms with Crippen LogP contribution in [-0.2, 0) is 32.4 Å². The van der Waals surface area contributed by atoms with Crippen LogP contribution in [0.5, 0.6) is 0 Å². The van der Waals surface area contributed by atoms with E-state index in [1.807, 2.05) is 10.8 Å². The smallest absolute Gasteiger partial charge is 0.317 e. The summed E-state index contributed by atoms with van der Waals surface area (Å²) in [6, 6.07) is 3.73. The van der Waals surface area contributed by atoms with Gasteiger partial charge >= 0.3 is 6.03 Å². The summed E-state index contributed by atoms with van der Waals surface area (Å²) in [5, 5.41) is 17.2. The number of carbonyl (C=O) groups excluding carboxylic acids is 1. The molecule has 0 unspecified atom stereocenters. The average Bonchev–Trinajstić information content (AvgIpc) is 3.23. The lowest BCUT2D eigenvalue weighted by Gasteiger charge is -2.27. The minimum absolute atomic E-state index is 0.0627. The molecule has 130 valence electrons. The van der Waals surface area contributed by atoms with Gasteiger partial charge in [-0.25, -0.2) is 9.78 Å². The molecule has 0 aromatic carbocycles. The van der Waals surface area contributed by atoms with Gasteiger partial charge in [0.15, 0.2) is 5.69 Å². The molecule has 0 atom stereocenters. The van der Waals surface area contributed by atoms with Crippen molar-refractivity contribution in [1.82, 2.24) is 25.0 Å². The van der Waals surface area contributed by atoms with Gasteiger partial charge in [-0.1, -0.05) is 0 Å². The molecule has 2 aliphatic rings. The highest BCUT2D eigenvalue weighted by Gasteiger charge is 2.22. The molecule has 4 rings (SSSR count). The Balaban J connectivity index is 1.29. The largest absolute Gasteiger partial charge is 0.338 e. The molecule has 1 N–H and O–H groups in total. The fourth-order valence-electron chi connectivity index (χ4n) is 3.39. The van der Waals surface area contributed by atoms with Gasteiger partial charge in [-0.15, -0.1) is 11.3 Å². The summed E-state index contributed by atoms with van der Waals surface area (Å²) >= 11 is 1.80. The van der Waals surface area contributed by atoms with Crippen LogP contribution in [0, 0.1) is 11.3 Å². The zero-order valence-electron chi connectivity index (χ0n) is 14.0. The van der Waals surface area contributed by atoms with Crippen molar-refractivity contribution in [3.05, 3.63) is 33.0 Å². The number of thiazole rings is 1. The summed E-state index contributed by atoms with van der Waals surface area (Å²) < 4.78 is 1.81. The first-order chi connectivity index (χ1) is 12.2. The SMILES string of the molecule is N#Cc1cc2n(n1)CCN(C(=O)NCCc1nc3c(s1)CCCC3)C2. The van der Waals surface area contributed by atoms with Crippen molar-refractivity contribution in [3.63, 3.8) is 0 Å². The zero-order valence-corrected chi connectivity index (χ0v) is 14.8. The molecule has 0 radical (unpaired) electrons. The Kier molecular flexibility index (Phi) is 4.40. The predicted molar refractivity (Wildman–Crippen MR) is 93.2 cm³/mol. The van der Waals surface area contributed by atoms with Crippen molar-refractivity contribution >= 4 is 17.4 Å². The molecule has 0 saturated carbocycles.